The molecule has 0 radical (unpaired) electrons. The van der Waals surface area contributed by atoms with Gasteiger partial charge < -0.3 is 10.2 Å². The van der Waals surface area contributed by atoms with Crippen LogP contribution >= 0.6 is 0 Å². The van der Waals surface area contributed by atoms with Crippen LogP contribution in [-0.2, 0) is 6.42 Å². The van der Waals surface area contributed by atoms with Gasteiger partial charge in [0.05, 0.1) is 12.6 Å². The van der Waals surface area contributed by atoms with E-state index >= 15 is 0 Å². The van der Waals surface area contributed by atoms with E-state index in [-0.39, 0.29) is 0 Å². The fraction of sp³-hybridized carbons (Fsp3) is 0.278. The van der Waals surface area contributed by atoms with Gasteiger partial charge in [0.15, 0.2) is 5.96 Å². The first kappa shape index (κ1) is 12.5. The van der Waals surface area contributed by atoms with Crippen LogP contribution in [0.15, 0.2) is 53.5 Å². The molecule has 21 heavy (non-hydrogen) atoms. The maximum atomic E-state index is 4.74. The van der Waals surface area contributed by atoms with Crippen molar-refractivity contribution in [1.82, 2.24) is 5.32 Å². The van der Waals surface area contributed by atoms with Gasteiger partial charge in [-0.25, -0.2) is 0 Å². The number of para-hydroxylation sites is 1. The monoisotopic (exact) mass is 277 g/mol. The van der Waals surface area contributed by atoms with Gasteiger partial charge in [0.1, 0.15) is 0 Å². The van der Waals surface area contributed by atoms with Crippen LogP contribution in [0.4, 0.5) is 5.69 Å². The molecule has 0 fully saturated rings. The van der Waals surface area contributed by atoms with E-state index in [9.17, 15) is 0 Å². The number of hydrogen-bond acceptors (Lipinski definition) is 3. The molecule has 2 aromatic carbocycles. The molecule has 2 aliphatic rings. The van der Waals surface area contributed by atoms with Gasteiger partial charge in [-0.2, -0.15) is 0 Å². The Morgan fingerprint density at radius 1 is 1.10 bits per heavy atom. The van der Waals surface area contributed by atoms with E-state index in [1.165, 1.54) is 22.4 Å². The zero-order valence-electron chi connectivity index (χ0n) is 12.2. The number of nitrogens with zero attached hydrogens (tertiary/aromatic N) is 2. The van der Waals surface area contributed by atoms with Gasteiger partial charge in [0.2, 0.25) is 0 Å². The van der Waals surface area contributed by atoms with E-state index < -0.39 is 0 Å². The Balaban J connectivity index is 1.90. The summed E-state index contributed by atoms with van der Waals surface area (Å²) in [6, 6.07) is 17.8. The highest BCUT2D eigenvalue weighted by Crippen LogP contribution is 2.39. The lowest BCUT2D eigenvalue weighted by atomic mass is 9.97. The van der Waals surface area contributed by atoms with Crippen LogP contribution in [0.2, 0.25) is 0 Å². The van der Waals surface area contributed by atoms with Crippen LogP contribution in [0.1, 0.15) is 29.7 Å². The molecule has 4 rings (SSSR count). The second-order valence-electron chi connectivity index (χ2n) is 5.58. The molecular weight excluding hydrogens is 258 g/mol. The van der Waals surface area contributed by atoms with Gasteiger partial charge in [-0.3, -0.25) is 4.99 Å². The number of hydrogen-bond donors (Lipinski definition) is 1. The average molecular weight is 277 g/mol. The van der Waals surface area contributed by atoms with Crippen molar-refractivity contribution in [1.29, 1.82) is 0 Å². The zero-order chi connectivity index (χ0) is 14.2. The van der Waals surface area contributed by atoms with E-state index in [1.807, 2.05) is 0 Å². The van der Waals surface area contributed by atoms with Crippen LogP contribution in [0.25, 0.3) is 0 Å². The second kappa shape index (κ2) is 4.92. The molecule has 2 aromatic rings. The van der Waals surface area contributed by atoms with Gasteiger partial charge >= 0.3 is 0 Å². The molecule has 0 spiro atoms. The first-order valence-corrected chi connectivity index (χ1v) is 7.61. The highest BCUT2D eigenvalue weighted by Gasteiger charge is 2.34. The molecule has 3 heteroatoms. The summed E-state index contributed by atoms with van der Waals surface area (Å²) in [4.78, 5) is 7.12. The van der Waals surface area contributed by atoms with Crippen molar-refractivity contribution >= 4 is 11.6 Å². The number of aliphatic imine (C=N–C) groups is 1. The molecule has 1 N–H and O–H groups in total. The van der Waals surface area contributed by atoms with Crippen LogP contribution in [0.3, 0.4) is 0 Å². The summed E-state index contributed by atoms with van der Waals surface area (Å²) in [5, 5.41) is 3.42. The quantitative estimate of drug-likeness (QED) is 0.867. The topological polar surface area (TPSA) is 27.6 Å². The van der Waals surface area contributed by atoms with Gasteiger partial charge in [-0.1, -0.05) is 42.5 Å². The van der Waals surface area contributed by atoms with Crippen molar-refractivity contribution in [2.45, 2.75) is 19.4 Å². The second-order valence-corrected chi connectivity index (χ2v) is 5.58. The number of rotatable bonds is 1. The Morgan fingerprint density at radius 3 is 2.71 bits per heavy atom. The summed E-state index contributed by atoms with van der Waals surface area (Å²) in [7, 11) is 0. The van der Waals surface area contributed by atoms with Crippen molar-refractivity contribution in [3.63, 3.8) is 0 Å². The lowest BCUT2D eigenvalue weighted by Crippen LogP contribution is -2.40. The minimum atomic E-state index is 0.318. The predicted molar refractivity (Wildman–Crippen MR) is 86.9 cm³/mol. The number of fused-ring (bicyclic) bond motifs is 5. The van der Waals surface area contributed by atoms with Crippen molar-refractivity contribution in [2.24, 2.45) is 4.99 Å². The summed E-state index contributed by atoms with van der Waals surface area (Å²) < 4.78 is 0. The Bertz CT molecular complexity index is 705. The fourth-order valence-corrected chi connectivity index (χ4v) is 3.42. The van der Waals surface area contributed by atoms with Gasteiger partial charge in [0.25, 0.3) is 0 Å². The first-order chi connectivity index (χ1) is 10.4. The average Bonchev–Trinajstić information content (AvgIpc) is 2.86. The molecule has 0 bridgehead atoms. The lowest BCUT2D eigenvalue weighted by Gasteiger charge is -2.28. The van der Waals surface area contributed by atoms with Crippen LogP contribution in [0, 0.1) is 0 Å². The highest BCUT2D eigenvalue weighted by molar-refractivity contribution is 5.99. The van der Waals surface area contributed by atoms with E-state index in [0.717, 1.165) is 25.5 Å². The van der Waals surface area contributed by atoms with Gasteiger partial charge in [0, 0.05) is 12.2 Å². The fourth-order valence-electron chi connectivity index (χ4n) is 3.42. The number of guanidine groups is 1. The molecule has 0 aliphatic carbocycles. The first-order valence-electron chi connectivity index (χ1n) is 7.61. The summed E-state index contributed by atoms with van der Waals surface area (Å²) in [5.74, 6) is 1.01. The van der Waals surface area contributed by atoms with Crippen LogP contribution in [-0.4, -0.2) is 19.0 Å². The normalized spacial score (nSPS) is 19.2. The van der Waals surface area contributed by atoms with E-state index in [0.29, 0.717) is 6.04 Å². The molecule has 0 aromatic heterocycles. The maximum Gasteiger partial charge on any atom is 0.199 e. The molecule has 0 amide bonds. The summed E-state index contributed by atoms with van der Waals surface area (Å²) in [5.41, 5.74) is 5.49. The molecule has 2 aliphatic heterocycles. The maximum absolute atomic E-state index is 4.74. The minimum absolute atomic E-state index is 0.318. The summed E-state index contributed by atoms with van der Waals surface area (Å²) >= 11 is 0. The number of benzene rings is 2. The van der Waals surface area contributed by atoms with Crippen LogP contribution < -0.4 is 10.2 Å². The zero-order valence-corrected chi connectivity index (χ0v) is 12.2. The Hall–Kier alpha value is -2.29. The molecule has 3 nitrogen and oxygen atoms in total. The van der Waals surface area contributed by atoms with Gasteiger partial charge in [-0.05, 0) is 36.1 Å². The Labute approximate surface area is 125 Å². The Kier molecular flexibility index (Phi) is 2.92. The highest BCUT2D eigenvalue weighted by atomic mass is 15.4. The predicted octanol–water partition coefficient (Wildman–Crippen LogP) is 3.12. The molecule has 1 atom stereocenters. The number of anilines is 1. The molecule has 106 valence electrons. The molecular formula is C18H19N3. The summed E-state index contributed by atoms with van der Waals surface area (Å²) in [6.07, 6.45) is 0.999. The third-order valence-electron chi connectivity index (χ3n) is 4.33. The SMILES string of the molecule is CCNC1=NCC2c3ccccc3Cc3ccccc3N12. The van der Waals surface area contributed by atoms with E-state index in [4.69, 9.17) is 4.99 Å². The summed E-state index contributed by atoms with van der Waals surface area (Å²) in [6.45, 7) is 3.84. The smallest absolute Gasteiger partial charge is 0.199 e. The largest absolute Gasteiger partial charge is 0.356 e. The third-order valence-corrected chi connectivity index (χ3v) is 4.33. The third kappa shape index (κ3) is 1.92. The standard InChI is InChI=1S/C18H19N3/c1-2-19-18-20-12-17-15-9-5-3-7-13(15)11-14-8-4-6-10-16(14)21(17)18/h3-10,17H,2,11-12H2,1H3,(H,19,20). The molecule has 0 saturated carbocycles. The molecule has 2 heterocycles. The van der Waals surface area contributed by atoms with Crippen molar-refractivity contribution in [2.75, 3.05) is 18.0 Å². The Morgan fingerprint density at radius 2 is 1.86 bits per heavy atom. The lowest BCUT2D eigenvalue weighted by molar-refractivity contribution is 0.763. The van der Waals surface area contributed by atoms with E-state index in [1.54, 1.807) is 0 Å². The van der Waals surface area contributed by atoms with Crippen molar-refractivity contribution in [3.8, 4) is 0 Å². The van der Waals surface area contributed by atoms with Crippen LogP contribution in [0.5, 0.6) is 0 Å². The van der Waals surface area contributed by atoms with Crippen molar-refractivity contribution < 1.29 is 0 Å². The minimum Gasteiger partial charge on any atom is -0.356 e. The molecule has 1 unspecified atom stereocenters. The molecule has 0 saturated heterocycles. The van der Waals surface area contributed by atoms with Crippen molar-refractivity contribution in [3.05, 3.63) is 65.2 Å². The van der Waals surface area contributed by atoms with Gasteiger partial charge in [-0.15, -0.1) is 0 Å². The number of nitrogens with one attached hydrogen (secondary N) is 1. The van der Waals surface area contributed by atoms with E-state index in [2.05, 4.69) is 65.7 Å².